The fraction of sp³-hybridized carbons (Fsp3) is 0.533. The van der Waals surface area contributed by atoms with Gasteiger partial charge in [0.05, 0.1) is 10.9 Å². The first kappa shape index (κ1) is 16.9. The number of anilines is 1. The lowest BCUT2D eigenvalue weighted by Gasteiger charge is -2.24. The normalized spacial score (nSPS) is 17.9. The van der Waals surface area contributed by atoms with Gasteiger partial charge in [0.2, 0.25) is 15.9 Å². The molecular weight excluding hydrogens is 302 g/mol. The van der Waals surface area contributed by atoms with Crippen molar-refractivity contribution >= 4 is 21.6 Å². The molecule has 0 spiro atoms. The molecule has 0 aliphatic heterocycles. The van der Waals surface area contributed by atoms with Crippen LogP contribution in [0.25, 0.3) is 0 Å². The molecule has 122 valence electrons. The fourth-order valence-electron chi connectivity index (χ4n) is 2.87. The highest BCUT2D eigenvalue weighted by molar-refractivity contribution is 7.89. The van der Waals surface area contributed by atoms with Crippen LogP contribution in [-0.2, 0) is 14.8 Å². The third-order valence-electron chi connectivity index (χ3n) is 4.08. The zero-order valence-corrected chi connectivity index (χ0v) is 13.3. The highest BCUT2D eigenvalue weighted by Crippen LogP contribution is 2.27. The quantitative estimate of drug-likeness (QED) is 0.762. The molecule has 5 N–H and O–H groups in total. The first-order valence-corrected chi connectivity index (χ1v) is 9.10. The molecule has 1 aromatic rings. The molecule has 22 heavy (non-hydrogen) atoms. The number of nitrogens with one attached hydrogen (secondary N) is 1. The van der Waals surface area contributed by atoms with Crippen molar-refractivity contribution in [1.82, 2.24) is 0 Å². The van der Waals surface area contributed by atoms with Gasteiger partial charge in [-0.3, -0.25) is 4.79 Å². The largest absolute Gasteiger partial charge is 0.325 e. The Bertz CT molecular complexity index is 625. The Kier molecular flexibility index (Phi) is 5.55. The van der Waals surface area contributed by atoms with E-state index in [4.69, 9.17) is 10.9 Å². The summed E-state index contributed by atoms with van der Waals surface area (Å²) >= 11 is 0. The van der Waals surface area contributed by atoms with E-state index in [9.17, 15) is 13.2 Å². The molecule has 0 bridgehead atoms. The maximum atomic E-state index is 12.1. The summed E-state index contributed by atoms with van der Waals surface area (Å²) < 4.78 is 22.6. The fourth-order valence-corrected chi connectivity index (χ4v) is 3.43. The average molecular weight is 325 g/mol. The van der Waals surface area contributed by atoms with Crippen LogP contribution >= 0.6 is 0 Å². The van der Waals surface area contributed by atoms with Crippen LogP contribution in [0.4, 0.5) is 5.69 Å². The minimum Gasteiger partial charge on any atom is -0.325 e. The summed E-state index contributed by atoms with van der Waals surface area (Å²) in [5.74, 6) is 0.211. The third-order valence-corrected chi connectivity index (χ3v) is 4.99. The summed E-state index contributed by atoms with van der Waals surface area (Å²) in [4.78, 5) is 12.1. The lowest BCUT2D eigenvalue weighted by molar-refractivity contribution is -0.117. The summed E-state index contributed by atoms with van der Waals surface area (Å²) in [5.41, 5.74) is 6.35. The molecule has 0 saturated heterocycles. The van der Waals surface area contributed by atoms with Gasteiger partial charge in [0, 0.05) is 5.69 Å². The molecule has 1 unspecified atom stereocenters. The molecular formula is C15H23N3O3S. The number of sulfonamides is 1. The lowest BCUT2D eigenvalue weighted by atomic mass is 9.85. The summed E-state index contributed by atoms with van der Waals surface area (Å²) in [6.45, 7) is 0. The van der Waals surface area contributed by atoms with E-state index >= 15 is 0 Å². The van der Waals surface area contributed by atoms with E-state index in [1.54, 1.807) is 6.07 Å². The molecule has 1 atom stereocenters. The van der Waals surface area contributed by atoms with Crippen LogP contribution in [-0.4, -0.2) is 20.4 Å². The van der Waals surface area contributed by atoms with E-state index in [2.05, 4.69) is 5.32 Å². The van der Waals surface area contributed by atoms with Crippen LogP contribution in [0.1, 0.15) is 38.5 Å². The van der Waals surface area contributed by atoms with Gasteiger partial charge in [-0.1, -0.05) is 38.2 Å². The number of hydrogen-bond donors (Lipinski definition) is 3. The third kappa shape index (κ3) is 4.79. The van der Waals surface area contributed by atoms with Crippen molar-refractivity contribution in [2.24, 2.45) is 16.8 Å². The van der Waals surface area contributed by atoms with Crippen molar-refractivity contribution in [3.05, 3.63) is 24.3 Å². The zero-order valence-electron chi connectivity index (χ0n) is 12.5. The molecule has 6 nitrogen and oxygen atoms in total. The Morgan fingerprint density at radius 2 is 1.95 bits per heavy atom. The molecule has 1 aliphatic carbocycles. The second kappa shape index (κ2) is 7.21. The Morgan fingerprint density at radius 3 is 2.59 bits per heavy atom. The van der Waals surface area contributed by atoms with Crippen molar-refractivity contribution < 1.29 is 13.2 Å². The van der Waals surface area contributed by atoms with Gasteiger partial charge < -0.3 is 11.1 Å². The Morgan fingerprint density at radius 1 is 1.27 bits per heavy atom. The van der Waals surface area contributed by atoms with Crippen LogP contribution in [0.3, 0.4) is 0 Å². The monoisotopic (exact) mass is 325 g/mol. The molecule has 1 saturated carbocycles. The van der Waals surface area contributed by atoms with Gasteiger partial charge in [-0.2, -0.15) is 0 Å². The summed E-state index contributed by atoms with van der Waals surface area (Å²) in [6.07, 6.45) is 6.59. The van der Waals surface area contributed by atoms with Gasteiger partial charge in [0.25, 0.3) is 0 Å². The Hall–Kier alpha value is -1.44. The number of hydrogen-bond acceptors (Lipinski definition) is 4. The molecule has 2 rings (SSSR count). The van der Waals surface area contributed by atoms with Crippen molar-refractivity contribution in [2.45, 2.75) is 49.5 Å². The van der Waals surface area contributed by atoms with Crippen LogP contribution in [0, 0.1) is 5.92 Å². The SMILES string of the molecule is NC(CC1CCCCC1)C(=O)Nc1cccc(S(N)(=O)=O)c1. The van der Waals surface area contributed by atoms with Gasteiger partial charge in [0.1, 0.15) is 0 Å². The smallest absolute Gasteiger partial charge is 0.241 e. The first-order chi connectivity index (χ1) is 10.4. The van der Waals surface area contributed by atoms with E-state index in [-0.39, 0.29) is 10.8 Å². The lowest BCUT2D eigenvalue weighted by Crippen LogP contribution is -2.37. The number of rotatable bonds is 5. The first-order valence-electron chi connectivity index (χ1n) is 7.55. The molecule has 0 heterocycles. The number of nitrogens with two attached hydrogens (primary N) is 2. The Labute approximate surface area is 131 Å². The molecule has 1 amide bonds. The molecule has 1 aliphatic rings. The maximum Gasteiger partial charge on any atom is 0.241 e. The highest BCUT2D eigenvalue weighted by Gasteiger charge is 2.21. The molecule has 0 aromatic heterocycles. The van der Waals surface area contributed by atoms with Gasteiger partial charge >= 0.3 is 0 Å². The van der Waals surface area contributed by atoms with E-state index in [1.165, 1.54) is 37.5 Å². The van der Waals surface area contributed by atoms with Gasteiger partial charge in [-0.05, 0) is 30.5 Å². The van der Waals surface area contributed by atoms with Crippen LogP contribution in [0.5, 0.6) is 0 Å². The zero-order chi connectivity index (χ0) is 16.2. The number of benzene rings is 1. The molecule has 0 radical (unpaired) electrons. The highest BCUT2D eigenvalue weighted by atomic mass is 32.2. The second-order valence-electron chi connectivity index (χ2n) is 5.91. The van der Waals surface area contributed by atoms with Crippen molar-refractivity contribution in [3.63, 3.8) is 0 Å². The summed E-state index contributed by atoms with van der Waals surface area (Å²) in [6, 6.07) is 5.27. The van der Waals surface area contributed by atoms with E-state index in [0.29, 0.717) is 18.0 Å². The molecule has 1 fully saturated rings. The van der Waals surface area contributed by atoms with Gasteiger partial charge in [0.15, 0.2) is 0 Å². The van der Waals surface area contributed by atoms with E-state index in [0.717, 1.165) is 12.8 Å². The number of amides is 1. The van der Waals surface area contributed by atoms with Crippen molar-refractivity contribution in [2.75, 3.05) is 5.32 Å². The number of primary sulfonamides is 1. The van der Waals surface area contributed by atoms with E-state index in [1.807, 2.05) is 0 Å². The van der Waals surface area contributed by atoms with Gasteiger partial charge in [-0.15, -0.1) is 0 Å². The number of carbonyl (C=O) groups is 1. The number of carbonyl (C=O) groups excluding carboxylic acids is 1. The predicted molar refractivity (Wildman–Crippen MR) is 85.6 cm³/mol. The average Bonchev–Trinajstić information content (AvgIpc) is 2.47. The summed E-state index contributed by atoms with van der Waals surface area (Å²) in [7, 11) is -3.79. The minimum absolute atomic E-state index is 0.0360. The minimum atomic E-state index is -3.79. The topological polar surface area (TPSA) is 115 Å². The van der Waals surface area contributed by atoms with Crippen molar-refractivity contribution in [3.8, 4) is 0 Å². The van der Waals surface area contributed by atoms with E-state index < -0.39 is 16.1 Å². The standard InChI is InChI=1S/C15H23N3O3S/c16-14(9-11-5-2-1-3-6-11)15(19)18-12-7-4-8-13(10-12)22(17,20)21/h4,7-8,10-11,14H,1-3,5-6,9,16H2,(H,18,19)(H2,17,20,21). The molecule has 1 aromatic carbocycles. The van der Waals surface area contributed by atoms with Crippen LogP contribution < -0.4 is 16.2 Å². The van der Waals surface area contributed by atoms with Crippen molar-refractivity contribution in [1.29, 1.82) is 0 Å². The van der Waals surface area contributed by atoms with Gasteiger partial charge in [-0.25, -0.2) is 13.6 Å². The Balaban J connectivity index is 1.96. The predicted octanol–water partition coefficient (Wildman–Crippen LogP) is 1.57. The molecule has 7 heteroatoms. The van der Waals surface area contributed by atoms with Crippen LogP contribution in [0.2, 0.25) is 0 Å². The van der Waals surface area contributed by atoms with Crippen LogP contribution in [0.15, 0.2) is 29.2 Å². The maximum absolute atomic E-state index is 12.1. The second-order valence-corrected chi connectivity index (χ2v) is 7.47. The summed E-state index contributed by atoms with van der Waals surface area (Å²) in [5, 5.41) is 7.73.